The zero-order valence-electron chi connectivity index (χ0n) is 16.8. The van der Waals surface area contributed by atoms with Crippen molar-refractivity contribution in [1.29, 1.82) is 0 Å². The number of carbonyl (C=O) groups is 3. The third kappa shape index (κ3) is 5.02. The lowest BCUT2D eigenvalue weighted by molar-refractivity contribution is -0.138. The molecule has 1 aliphatic rings. The van der Waals surface area contributed by atoms with Gasteiger partial charge in [-0.3, -0.25) is 9.59 Å². The number of ether oxygens (including phenoxy) is 1. The fourth-order valence-electron chi connectivity index (χ4n) is 3.45. The van der Waals surface area contributed by atoms with Gasteiger partial charge in [-0.15, -0.1) is 0 Å². The lowest BCUT2D eigenvalue weighted by Gasteiger charge is -2.22. The van der Waals surface area contributed by atoms with Crippen molar-refractivity contribution in [2.45, 2.75) is 32.4 Å². The molecule has 0 unspecified atom stereocenters. The van der Waals surface area contributed by atoms with Gasteiger partial charge in [0.15, 0.2) is 6.10 Å². The van der Waals surface area contributed by atoms with E-state index >= 15 is 0 Å². The summed E-state index contributed by atoms with van der Waals surface area (Å²) in [5.41, 5.74) is 1.42. The fourth-order valence-corrected chi connectivity index (χ4v) is 3.45. The van der Waals surface area contributed by atoms with Crippen LogP contribution in [-0.2, 0) is 16.1 Å². The first-order valence-electron chi connectivity index (χ1n) is 9.85. The van der Waals surface area contributed by atoms with E-state index in [0.29, 0.717) is 19.6 Å². The van der Waals surface area contributed by atoms with Gasteiger partial charge in [-0.25, -0.2) is 4.79 Å². The normalized spacial score (nSPS) is 14.3. The Hall–Kier alpha value is -3.15. The van der Waals surface area contributed by atoms with E-state index in [1.807, 2.05) is 30.3 Å². The Balaban J connectivity index is 1.71. The van der Waals surface area contributed by atoms with E-state index in [-0.39, 0.29) is 22.9 Å². The summed E-state index contributed by atoms with van der Waals surface area (Å²) in [7, 11) is 1.69. The smallest absolute Gasteiger partial charge is 0.339 e. The van der Waals surface area contributed by atoms with Crippen molar-refractivity contribution in [3.05, 3.63) is 71.3 Å². The maximum absolute atomic E-state index is 12.9. The molecule has 6 nitrogen and oxygen atoms in total. The molecule has 2 amide bonds. The van der Waals surface area contributed by atoms with Crippen LogP contribution in [0.1, 0.15) is 46.0 Å². The second-order valence-electron chi connectivity index (χ2n) is 7.27. The molecule has 152 valence electrons. The van der Waals surface area contributed by atoms with Crippen molar-refractivity contribution in [3.8, 4) is 0 Å². The molecule has 6 heteroatoms. The summed E-state index contributed by atoms with van der Waals surface area (Å²) >= 11 is 0. The van der Waals surface area contributed by atoms with Crippen LogP contribution in [0.3, 0.4) is 0 Å². The van der Waals surface area contributed by atoms with Crippen molar-refractivity contribution in [1.82, 2.24) is 9.80 Å². The van der Waals surface area contributed by atoms with Gasteiger partial charge in [0.2, 0.25) is 0 Å². The van der Waals surface area contributed by atoms with Crippen LogP contribution in [-0.4, -0.2) is 53.8 Å². The summed E-state index contributed by atoms with van der Waals surface area (Å²) in [6, 6.07) is 16.2. The van der Waals surface area contributed by atoms with Gasteiger partial charge < -0.3 is 14.5 Å². The van der Waals surface area contributed by atoms with E-state index in [1.165, 1.54) is 0 Å². The molecule has 0 N–H and O–H groups in total. The van der Waals surface area contributed by atoms with Crippen molar-refractivity contribution in [2.24, 2.45) is 0 Å². The highest BCUT2D eigenvalue weighted by Crippen LogP contribution is 2.17. The minimum atomic E-state index is -0.884. The second-order valence-corrected chi connectivity index (χ2v) is 7.27. The summed E-state index contributed by atoms with van der Waals surface area (Å²) in [5, 5.41) is 0. The van der Waals surface area contributed by atoms with E-state index in [1.54, 1.807) is 48.0 Å². The molecular weight excluding hydrogens is 368 g/mol. The first kappa shape index (κ1) is 20.6. The molecule has 0 aliphatic carbocycles. The highest BCUT2D eigenvalue weighted by atomic mass is 16.5. The summed E-state index contributed by atoms with van der Waals surface area (Å²) in [4.78, 5) is 41.3. The zero-order valence-corrected chi connectivity index (χ0v) is 16.8. The average Bonchev–Trinajstić information content (AvgIpc) is 3.28. The van der Waals surface area contributed by atoms with Crippen LogP contribution in [0.4, 0.5) is 0 Å². The topological polar surface area (TPSA) is 66.9 Å². The maximum Gasteiger partial charge on any atom is 0.339 e. The molecule has 0 spiro atoms. The van der Waals surface area contributed by atoms with Gasteiger partial charge in [-0.05, 0) is 37.5 Å². The quantitative estimate of drug-likeness (QED) is 0.706. The summed E-state index contributed by atoms with van der Waals surface area (Å²) in [6.07, 6.45) is 1.06. The van der Waals surface area contributed by atoms with E-state index in [2.05, 4.69) is 0 Å². The van der Waals surface area contributed by atoms with E-state index in [0.717, 1.165) is 18.4 Å². The highest BCUT2D eigenvalue weighted by Gasteiger charge is 2.28. The molecule has 0 saturated carbocycles. The number of rotatable bonds is 6. The van der Waals surface area contributed by atoms with Crippen molar-refractivity contribution in [2.75, 3.05) is 20.1 Å². The SMILES string of the molecule is C[C@@H](OC(=O)c1ccccc1C(=O)N(C)Cc1ccccc1)C(=O)N1CCCC1. The monoisotopic (exact) mass is 394 g/mol. The second kappa shape index (κ2) is 9.37. The molecular formula is C23H26N2O4. The largest absolute Gasteiger partial charge is 0.449 e. The van der Waals surface area contributed by atoms with Crippen LogP contribution in [0.5, 0.6) is 0 Å². The number of amides is 2. The molecule has 2 aromatic carbocycles. The fraction of sp³-hybridized carbons (Fsp3) is 0.348. The third-order valence-corrected chi connectivity index (χ3v) is 5.04. The van der Waals surface area contributed by atoms with E-state index < -0.39 is 12.1 Å². The zero-order chi connectivity index (χ0) is 20.8. The molecule has 0 bridgehead atoms. The van der Waals surface area contributed by atoms with Gasteiger partial charge in [-0.2, -0.15) is 0 Å². The van der Waals surface area contributed by atoms with Gasteiger partial charge >= 0.3 is 5.97 Å². The van der Waals surface area contributed by atoms with Gasteiger partial charge in [-0.1, -0.05) is 42.5 Å². The molecule has 2 aromatic rings. The summed E-state index contributed by atoms with van der Waals surface area (Å²) < 4.78 is 5.40. The van der Waals surface area contributed by atoms with Gasteiger partial charge in [0, 0.05) is 26.7 Å². The van der Waals surface area contributed by atoms with Crippen molar-refractivity contribution in [3.63, 3.8) is 0 Å². The number of hydrogen-bond donors (Lipinski definition) is 0. The predicted octanol–water partition coefficient (Wildman–Crippen LogP) is 3.13. The molecule has 3 rings (SSSR count). The van der Waals surface area contributed by atoms with Crippen LogP contribution in [0.15, 0.2) is 54.6 Å². The minimum Gasteiger partial charge on any atom is -0.449 e. The predicted molar refractivity (Wildman–Crippen MR) is 109 cm³/mol. The van der Waals surface area contributed by atoms with E-state index in [9.17, 15) is 14.4 Å². The van der Waals surface area contributed by atoms with Gasteiger partial charge in [0.05, 0.1) is 11.1 Å². The lowest BCUT2D eigenvalue weighted by atomic mass is 10.1. The van der Waals surface area contributed by atoms with Crippen LogP contribution in [0.25, 0.3) is 0 Å². The molecule has 1 aliphatic heterocycles. The minimum absolute atomic E-state index is 0.165. The van der Waals surface area contributed by atoms with Crippen molar-refractivity contribution >= 4 is 17.8 Å². The Morgan fingerprint density at radius 3 is 2.21 bits per heavy atom. The maximum atomic E-state index is 12.9. The number of esters is 1. The molecule has 29 heavy (non-hydrogen) atoms. The number of hydrogen-bond acceptors (Lipinski definition) is 4. The van der Waals surface area contributed by atoms with Crippen LogP contribution in [0, 0.1) is 0 Å². The molecule has 1 fully saturated rings. The van der Waals surface area contributed by atoms with Gasteiger partial charge in [0.25, 0.3) is 11.8 Å². The standard InChI is InChI=1S/C23H26N2O4/c1-17(21(26)25-14-8-9-15-25)29-23(28)20-13-7-6-12-19(20)22(27)24(2)16-18-10-4-3-5-11-18/h3-7,10-13,17H,8-9,14-16H2,1-2H3/t17-/m1/s1. The average molecular weight is 394 g/mol. The Kier molecular flexibility index (Phi) is 6.65. The number of benzene rings is 2. The number of nitrogens with zero attached hydrogens (tertiary/aromatic N) is 2. The lowest BCUT2D eigenvalue weighted by Crippen LogP contribution is -2.38. The number of likely N-dealkylation sites (tertiary alicyclic amines) is 1. The van der Waals surface area contributed by atoms with Crippen LogP contribution < -0.4 is 0 Å². The molecule has 0 aromatic heterocycles. The first-order valence-corrected chi connectivity index (χ1v) is 9.85. The third-order valence-electron chi connectivity index (χ3n) is 5.04. The molecule has 1 saturated heterocycles. The van der Waals surface area contributed by atoms with Crippen LogP contribution in [0.2, 0.25) is 0 Å². The van der Waals surface area contributed by atoms with Crippen molar-refractivity contribution < 1.29 is 19.1 Å². The number of carbonyl (C=O) groups excluding carboxylic acids is 3. The van der Waals surface area contributed by atoms with Gasteiger partial charge in [0.1, 0.15) is 0 Å². The molecule has 0 radical (unpaired) electrons. The molecule has 1 atom stereocenters. The highest BCUT2D eigenvalue weighted by molar-refractivity contribution is 6.05. The Morgan fingerprint density at radius 1 is 0.966 bits per heavy atom. The molecule has 1 heterocycles. The summed E-state index contributed by atoms with van der Waals surface area (Å²) in [6.45, 7) is 3.39. The van der Waals surface area contributed by atoms with E-state index in [4.69, 9.17) is 4.74 Å². The Morgan fingerprint density at radius 2 is 1.55 bits per heavy atom. The summed E-state index contributed by atoms with van der Waals surface area (Å²) in [5.74, 6) is -1.14. The Bertz CT molecular complexity index is 875. The first-order chi connectivity index (χ1) is 14.0. The Labute approximate surface area is 171 Å². The van der Waals surface area contributed by atoms with Crippen LogP contribution >= 0.6 is 0 Å².